The maximum Gasteiger partial charge on any atom is 0.254 e. The minimum atomic E-state index is -3.75. The van der Waals surface area contributed by atoms with Gasteiger partial charge in [-0.05, 0) is 23.8 Å². The summed E-state index contributed by atoms with van der Waals surface area (Å²) in [6.45, 7) is 1.02. The summed E-state index contributed by atoms with van der Waals surface area (Å²) in [5.41, 5.74) is 1.72. The SMILES string of the molecule is CN(C)S(=O)(=O)c1ccc(F)c(C(=O)NCc2ccccc2C[NH+](C)C)c1. The van der Waals surface area contributed by atoms with Gasteiger partial charge in [0, 0.05) is 26.2 Å². The largest absolute Gasteiger partial charge is 0.348 e. The fraction of sp³-hybridized carbons (Fsp3) is 0.316. The molecule has 0 spiro atoms. The van der Waals surface area contributed by atoms with Crippen molar-refractivity contribution in [2.24, 2.45) is 0 Å². The molecule has 1 amide bonds. The van der Waals surface area contributed by atoms with Gasteiger partial charge in [0.05, 0.1) is 24.6 Å². The summed E-state index contributed by atoms with van der Waals surface area (Å²) in [6, 6.07) is 10.9. The molecule has 0 saturated carbocycles. The molecule has 146 valence electrons. The van der Waals surface area contributed by atoms with E-state index in [-0.39, 0.29) is 17.0 Å². The molecule has 2 aromatic rings. The Morgan fingerprint density at radius 1 is 1.11 bits per heavy atom. The second-order valence-corrected chi connectivity index (χ2v) is 8.92. The number of halogens is 1. The van der Waals surface area contributed by atoms with E-state index in [0.29, 0.717) is 0 Å². The van der Waals surface area contributed by atoms with Crippen LogP contribution in [0.15, 0.2) is 47.4 Å². The molecule has 0 radical (unpaired) electrons. The van der Waals surface area contributed by atoms with Crippen LogP contribution in [0.1, 0.15) is 21.5 Å². The van der Waals surface area contributed by atoms with E-state index >= 15 is 0 Å². The van der Waals surface area contributed by atoms with Crippen LogP contribution in [0.3, 0.4) is 0 Å². The van der Waals surface area contributed by atoms with Gasteiger partial charge in [0.2, 0.25) is 10.0 Å². The maximum absolute atomic E-state index is 14.1. The van der Waals surface area contributed by atoms with Crippen molar-refractivity contribution in [2.45, 2.75) is 18.0 Å². The number of nitrogens with one attached hydrogen (secondary N) is 2. The van der Waals surface area contributed by atoms with Crippen LogP contribution in [0.4, 0.5) is 4.39 Å². The highest BCUT2D eigenvalue weighted by molar-refractivity contribution is 7.89. The Bertz CT molecular complexity index is 928. The average Bonchev–Trinajstić information content (AvgIpc) is 2.60. The number of benzene rings is 2. The highest BCUT2D eigenvalue weighted by Gasteiger charge is 2.21. The van der Waals surface area contributed by atoms with Crippen LogP contribution in [0.25, 0.3) is 0 Å². The first-order valence-corrected chi connectivity index (χ1v) is 9.93. The van der Waals surface area contributed by atoms with Crippen LogP contribution in [-0.2, 0) is 23.1 Å². The van der Waals surface area contributed by atoms with E-state index in [0.717, 1.165) is 40.2 Å². The van der Waals surface area contributed by atoms with Crippen LogP contribution < -0.4 is 10.2 Å². The molecule has 0 bridgehead atoms. The Morgan fingerprint density at radius 3 is 2.33 bits per heavy atom. The summed E-state index contributed by atoms with van der Waals surface area (Å²) in [4.78, 5) is 13.6. The van der Waals surface area contributed by atoms with Crippen molar-refractivity contribution in [3.8, 4) is 0 Å². The monoisotopic (exact) mass is 394 g/mol. The number of hydrogen-bond donors (Lipinski definition) is 2. The highest BCUT2D eigenvalue weighted by Crippen LogP contribution is 2.18. The van der Waals surface area contributed by atoms with Gasteiger partial charge in [0.25, 0.3) is 5.91 Å². The van der Waals surface area contributed by atoms with Crippen LogP contribution in [0, 0.1) is 5.82 Å². The molecule has 8 heteroatoms. The molecule has 2 N–H and O–H groups in total. The van der Waals surface area contributed by atoms with Crippen molar-refractivity contribution >= 4 is 15.9 Å². The average molecular weight is 394 g/mol. The van der Waals surface area contributed by atoms with Gasteiger partial charge < -0.3 is 10.2 Å². The molecule has 0 fully saturated rings. The van der Waals surface area contributed by atoms with E-state index in [1.165, 1.54) is 19.0 Å². The number of nitrogens with zero attached hydrogens (tertiary/aromatic N) is 1. The van der Waals surface area contributed by atoms with Gasteiger partial charge in [-0.2, -0.15) is 0 Å². The number of amides is 1. The van der Waals surface area contributed by atoms with Crippen molar-refractivity contribution in [3.63, 3.8) is 0 Å². The zero-order chi connectivity index (χ0) is 20.2. The van der Waals surface area contributed by atoms with Gasteiger partial charge in [0.1, 0.15) is 12.4 Å². The summed E-state index contributed by atoms with van der Waals surface area (Å²) < 4.78 is 39.6. The number of carbonyl (C=O) groups is 1. The molecule has 27 heavy (non-hydrogen) atoms. The fourth-order valence-corrected chi connectivity index (χ4v) is 3.53. The van der Waals surface area contributed by atoms with Gasteiger partial charge >= 0.3 is 0 Å². The van der Waals surface area contributed by atoms with Crippen LogP contribution >= 0.6 is 0 Å². The van der Waals surface area contributed by atoms with Crippen LogP contribution in [0.5, 0.6) is 0 Å². The van der Waals surface area contributed by atoms with Crippen LogP contribution in [-0.4, -0.2) is 46.8 Å². The van der Waals surface area contributed by atoms with E-state index in [9.17, 15) is 17.6 Å². The second-order valence-electron chi connectivity index (χ2n) is 6.76. The van der Waals surface area contributed by atoms with Crippen molar-refractivity contribution in [1.82, 2.24) is 9.62 Å². The molecule has 0 aliphatic carbocycles. The predicted octanol–water partition coefficient (Wildman–Crippen LogP) is 0.651. The third kappa shape index (κ3) is 5.12. The lowest BCUT2D eigenvalue weighted by Gasteiger charge is -2.14. The molecule has 0 heterocycles. The van der Waals surface area contributed by atoms with Crippen molar-refractivity contribution in [1.29, 1.82) is 0 Å². The smallest absolute Gasteiger partial charge is 0.254 e. The molecule has 2 aromatic carbocycles. The van der Waals surface area contributed by atoms with E-state index in [2.05, 4.69) is 5.32 Å². The van der Waals surface area contributed by atoms with E-state index < -0.39 is 21.7 Å². The number of carbonyl (C=O) groups excluding carboxylic acids is 1. The van der Waals surface area contributed by atoms with E-state index in [1.54, 1.807) is 0 Å². The lowest BCUT2D eigenvalue weighted by Crippen LogP contribution is -3.04. The molecule has 0 saturated heterocycles. The Kier molecular flexibility index (Phi) is 6.69. The molecule has 0 unspecified atom stereocenters. The molecule has 0 aromatic heterocycles. The zero-order valence-corrected chi connectivity index (χ0v) is 16.7. The number of sulfonamides is 1. The fourth-order valence-electron chi connectivity index (χ4n) is 2.60. The Labute approximate surface area is 159 Å². The number of quaternary nitrogens is 1. The molecule has 2 rings (SSSR count). The van der Waals surface area contributed by atoms with Gasteiger partial charge in [-0.1, -0.05) is 24.3 Å². The minimum Gasteiger partial charge on any atom is -0.348 e. The first-order valence-electron chi connectivity index (χ1n) is 8.49. The molecule has 0 aliphatic heterocycles. The number of hydrogen-bond acceptors (Lipinski definition) is 3. The van der Waals surface area contributed by atoms with E-state index in [4.69, 9.17) is 0 Å². The molecule has 0 aliphatic rings. The summed E-state index contributed by atoms with van der Waals surface area (Å²) in [6.07, 6.45) is 0. The Balaban J connectivity index is 2.22. The van der Waals surface area contributed by atoms with E-state index in [1.807, 2.05) is 38.4 Å². The first-order chi connectivity index (χ1) is 12.6. The standard InChI is InChI=1S/C19H24FN3O3S/c1-22(2)13-15-8-6-5-7-14(15)12-21-19(24)17-11-16(9-10-18(17)20)27(25,26)23(3)4/h5-11H,12-13H2,1-4H3,(H,21,24)/p+1. The third-order valence-electron chi connectivity index (χ3n) is 4.06. The Morgan fingerprint density at radius 2 is 1.74 bits per heavy atom. The lowest BCUT2D eigenvalue weighted by molar-refractivity contribution is -0.872. The van der Waals surface area contributed by atoms with Gasteiger partial charge in [-0.3, -0.25) is 4.79 Å². The summed E-state index contributed by atoms with van der Waals surface area (Å²) in [5, 5.41) is 2.68. The summed E-state index contributed by atoms with van der Waals surface area (Å²) in [5.74, 6) is -1.42. The molecule has 0 atom stereocenters. The highest BCUT2D eigenvalue weighted by atomic mass is 32.2. The van der Waals surface area contributed by atoms with Gasteiger partial charge in [0.15, 0.2) is 0 Å². The van der Waals surface area contributed by atoms with Crippen molar-refractivity contribution in [2.75, 3.05) is 28.2 Å². The second kappa shape index (κ2) is 8.60. The zero-order valence-electron chi connectivity index (χ0n) is 15.9. The first kappa shape index (κ1) is 21.0. The summed E-state index contributed by atoms with van der Waals surface area (Å²) in [7, 11) is 3.06. The van der Waals surface area contributed by atoms with Crippen molar-refractivity contribution < 1.29 is 22.5 Å². The topological polar surface area (TPSA) is 70.9 Å². The predicted molar refractivity (Wildman–Crippen MR) is 101 cm³/mol. The minimum absolute atomic E-state index is 0.129. The maximum atomic E-state index is 14.1. The lowest BCUT2D eigenvalue weighted by atomic mass is 10.1. The quantitative estimate of drug-likeness (QED) is 0.725. The van der Waals surface area contributed by atoms with Gasteiger partial charge in [-0.15, -0.1) is 0 Å². The molecular formula is C19H25FN3O3S+. The molecular weight excluding hydrogens is 369 g/mol. The van der Waals surface area contributed by atoms with Crippen molar-refractivity contribution in [3.05, 3.63) is 65.0 Å². The third-order valence-corrected chi connectivity index (χ3v) is 5.87. The van der Waals surface area contributed by atoms with Gasteiger partial charge in [-0.25, -0.2) is 17.1 Å². The normalized spacial score (nSPS) is 11.8. The Hall–Kier alpha value is -2.29. The molecule has 6 nitrogen and oxygen atoms in total. The summed E-state index contributed by atoms with van der Waals surface area (Å²) >= 11 is 0. The number of rotatable bonds is 7. The van der Waals surface area contributed by atoms with Crippen LogP contribution in [0.2, 0.25) is 0 Å².